The number of aromatic nitrogens is 1. The summed E-state index contributed by atoms with van der Waals surface area (Å²) in [6, 6.07) is 14.8. The second kappa shape index (κ2) is 8.42. The first-order chi connectivity index (χ1) is 12.2. The molecule has 0 spiro atoms. The van der Waals surface area contributed by atoms with Crippen LogP contribution in [0.4, 0.5) is 0 Å². The molecule has 0 saturated carbocycles. The largest absolute Gasteiger partial charge is 0.344 e. The SMILES string of the molecule is O=C(Cc1ccccn1)N[C@@H](Cc1ccccc1)C(=O)N1CCCC1. The molecule has 1 fully saturated rings. The van der Waals surface area contributed by atoms with Gasteiger partial charge in [0.25, 0.3) is 0 Å². The summed E-state index contributed by atoms with van der Waals surface area (Å²) < 4.78 is 0. The molecule has 2 aromatic rings. The van der Waals surface area contributed by atoms with Crippen LogP contribution in [0.25, 0.3) is 0 Å². The average Bonchev–Trinajstić information content (AvgIpc) is 3.17. The van der Waals surface area contributed by atoms with E-state index in [0.29, 0.717) is 12.1 Å². The van der Waals surface area contributed by atoms with Crippen LogP contribution in [0.2, 0.25) is 0 Å². The minimum atomic E-state index is -0.531. The van der Waals surface area contributed by atoms with E-state index in [4.69, 9.17) is 0 Å². The van der Waals surface area contributed by atoms with E-state index >= 15 is 0 Å². The van der Waals surface area contributed by atoms with Crippen molar-refractivity contribution in [2.45, 2.75) is 31.7 Å². The van der Waals surface area contributed by atoms with Gasteiger partial charge in [0.15, 0.2) is 0 Å². The normalized spacial score (nSPS) is 15.0. The Balaban J connectivity index is 1.68. The van der Waals surface area contributed by atoms with E-state index in [2.05, 4.69) is 10.3 Å². The van der Waals surface area contributed by atoms with Crippen molar-refractivity contribution in [3.8, 4) is 0 Å². The third kappa shape index (κ3) is 4.89. The first-order valence-corrected chi connectivity index (χ1v) is 8.74. The molecular formula is C20H23N3O2. The highest BCUT2D eigenvalue weighted by Crippen LogP contribution is 2.12. The average molecular weight is 337 g/mol. The lowest BCUT2D eigenvalue weighted by Crippen LogP contribution is -2.49. The molecule has 2 amide bonds. The number of benzene rings is 1. The molecule has 1 aliphatic rings. The van der Waals surface area contributed by atoms with Gasteiger partial charge in [-0.05, 0) is 30.5 Å². The van der Waals surface area contributed by atoms with Crippen LogP contribution < -0.4 is 5.32 Å². The molecule has 0 radical (unpaired) electrons. The molecule has 5 heteroatoms. The molecule has 25 heavy (non-hydrogen) atoms. The Morgan fingerprint density at radius 2 is 1.76 bits per heavy atom. The predicted octanol–water partition coefficient (Wildman–Crippen LogP) is 1.97. The number of hydrogen-bond donors (Lipinski definition) is 1. The number of carbonyl (C=O) groups excluding carboxylic acids is 2. The summed E-state index contributed by atoms with van der Waals surface area (Å²) in [6.07, 6.45) is 4.42. The number of carbonyl (C=O) groups is 2. The molecule has 0 unspecified atom stereocenters. The minimum Gasteiger partial charge on any atom is -0.344 e. The summed E-state index contributed by atoms with van der Waals surface area (Å²) in [5.41, 5.74) is 1.74. The van der Waals surface area contributed by atoms with Gasteiger partial charge in [0, 0.05) is 31.4 Å². The molecule has 0 bridgehead atoms. The van der Waals surface area contributed by atoms with Crippen LogP contribution in [0.3, 0.4) is 0 Å². The number of likely N-dealkylation sites (tertiary alicyclic amines) is 1. The molecule has 1 N–H and O–H groups in total. The van der Waals surface area contributed by atoms with Crippen LogP contribution in [0.15, 0.2) is 54.7 Å². The zero-order chi connectivity index (χ0) is 17.5. The highest BCUT2D eigenvalue weighted by atomic mass is 16.2. The van der Waals surface area contributed by atoms with E-state index in [9.17, 15) is 9.59 Å². The topological polar surface area (TPSA) is 62.3 Å². The zero-order valence-corrected chi connectivity index (χ0v) is 14.2. The predicted molar refractivity (Wildman–Crippen MR) is 95.8 cm³/mol. The molecule has 3 rings (SSSR count). The zero-order valence-electron chi connectivity index (χ0n) is 14.2. The maximum Gasteiger partial charge on any atom is 0.245 e. The summed E-state index contributed by atoms with van der Waals surface area (Å²) in [5.74, 6) is -0.164. The maximum absolute atomic E-state index is 12.8. The lowest BCUT2D eigenvalue weighted by Gasteiger charge is -2.24. The van der Waals surface area contributed by atoms with Crippen molar-refractivity contribution in [3.63, 3.8) is 0 Å². The highest BCUT2D eigenvalue weighted by Gasteiger charge is 2.28. The number of pyridine rings is 1. The smallest absolute Gasteiger partial charge is 0.245 e. The second-order valence-corrected chi connectivity index (χ2v) is 6.34. The molecule has 1 aromatic carbocycles. The first kappa shape index (κ1) is 17.1. The van der Waals surface area contributed by atoms with E-state index < -0.39 is 6.04 Å². The molecule has 1 aromatic heterocycles. The molecule has 1 atom stereocenters. The monoisotopic (exact) mass is 337 g/mol. The molecular weight excluding hydrogens is 314 g/mol. The van der Waals surface area contributed by atoms with E-state index in [1.54, 1.807) is 6.20 Å². The fourth-order valence-electron chi connectivity index (χ4n) is 3.12. The summed E-state index contributed by atoms with van der Waals surface area (Å²) in [4.78, 5) is 31.3. The molecule has 5 nitrogen and oxygen atoms in total. The Kier molecular flexibility index (Phi) is 5.77. The van der Waals surface area contributed by atoms with Crippen LogP contribution in [0.5, 0.6) is 0 Å². The van der Waals surface area contributed by atoms with Crippen molar-refractivity contribution in [3.05, 3.63) is 66.0 Å². The van der Waals surface area contributed by atoms with E-state index in [1.165, 1.54) is 0 Å². The van der Waals surface area contributed by atoms with Crippen molar-refractivity contribution in [1.29, 1.82) is 0 Å². The van der Waals surface area contributed by atoms with Gasteiger partial charge in [-0.25, -0.2) is 0 Å². The van der Waals surface area contributed by atoms with Crippen molar-refractivity contribution in [2.75, 3.05) is 13.1 Å². The van der Waals surface area contributed by atoms with Gasteiger partial charge in [0.2, 0.25) is 11.8 Å². The molecule has 2 heterocycles. The van der Waals surface area contributed by atoms with E-state index in [0.717, 1.165) is 31.5 Å². The summed E-state index contributed by atoms with van der Waals surface area (Å²) in [6.45, 7) is 1.56. The van der Waals surface area contributed by atoms with Crippen LogP contribution in [-0.4, -0.2) is 40.8 Å². The Hall–Kier alpha value is -2.69. The van der Waals surface area contributed by atoms with Gasteiger partial charge >= 0.3 is 0 Å². The fourth-order valence-corrected chi connectivity index (χ4v) is 3.12. The van der Waals surface area contributed by atoms with E-state index in [1.807, 2.05) is 53.4 Å². The standard InChI is InChI=1S/C20H23N3O2/c24-19(15-17-10-4-5-11-21-17)22-18(14-16-8-2-1-3-9-16)20(25)23-12-6-7-13-23/h1-5,8-11,18H,6-7,12-15H2,(H,22,24)/t18-/m0/s1. The quantitative estimate of drug-likeness (QED) is 0.877. The Morgan fingerprint density at radius 1 is 1.04 bits per heavy atom. The van der Waals surface area contributed by atoms with Gasteiger partial charge < -0.3 is 10.2 Å². The Bertz CT molecular complexity index is 697. The number of nitrogens with one attached hydrogen (secondary N) is 1. The van der Waals surface area contributed by atoms with Crippen molar-refractivity contribution >= 4 is 11.8 Å². The lowest BCUT2D eigenvalue weighted by atomic mass is 10.0. The van der Waals surface area contributed by atoms with Gasteiger partial charge in [-0.3, -0.25) is 14.6 Å². The fraction of sp³-hybridized carbons (Fsp3) is 0.350. The van der Waals surface area contributed by atoms with Crippen LogP contribution in [-0.2, 0) is 22.4 Å². The number of rotatable bonds is 6. The van der Waals surface area contributed by atoms with Gasteiger partial charge in [-0.15, -0.1) is 0 Å². The second-order valence-electron chi connectivity index (χ2n) is 6.34. The van der Waals surface area contributed by atoms with Gasteiger partial charge in [0.1, 0.15) is 6.04 Å². The lowest BCUT2D eigenvalue weighted by molar-refractivity contribution is -0.135. The first-order valence-electron chi connectivity index (χ1n) is 8.74. The molecule has 1 saturated heterocycles. The van der Waals surface area contributed by atoms with Crippen LogP contribution >= 0.6 is 0 Å². The van der Waals surface area contributed by atoms with Gasteiger partial charge in [-0.1, -0.05) is 36.4 Å². The van der Waals surface area contributed by atoms with Crippen LogP contribution in [0.1, 0.15) is 24.1 Å². The molecule has 130 valence electrons. The Morgan fingerprint density at radius 3 is 2.44 bits per heavy atom. The van der Waals surface area contributed by atoms with Gasteiger partial charge in [0.05, 0.1) is 6.42 Å². The summed E-state index contributed by atoms with van der Waals surface area (Å²) in [7, 11) is 0. The third-order valence-electron chi connectivity index (χ3n) is 4.40. The van der Waals surface area contributed by atoms with Crippen molar-refractivity contribution in [1.82, 2.24) is 15.2 Å². The summed E-state index contributed by atoms with van der Waals surface area (Å²) in [5, 5.41) is 2.92. The Labute approximate surface area is 148 Å². The maximum atomic E-state index is 12.8. The van der Waals surface area contributed by atoms with Gasteiger partial charge in [-0.2, -0.15) is 0 Å². The summed E-state index contributed by atoms with van der Waals surface area (Å²) >= 11 is 0. The number of nitrogens with zero attached hydrogens (tertiary/aromatic N) is 2. The minimum absolute atomic E-state index is 0.00993. The van der Waals surface area contributed by atoms with Crippen molar-refractivity contribution < 1.29 is 9.59 Å². The number of amides is 2. The van der Waals surface area contributed by atoms with E-state index in [-0.39, 0.29) is 18.2 Å². The number of hydrogen-bond acceptors (Lipinski definition) is 3. The highest BCUT2D eigenvalue weighted by molar-refractivity contribution is 5.88. The molecule has 0 aliphatic carbocycles. The third-order valence-corrected chi connectivity index (χ3v) is 4.40. The van der Waals surface area contributed by atoms with Crippen molar-refractivity contribution in [2.24, 2.45) is 0 Å². The molecule has 1 aliphatic heterocycles. The van der Waals surface area contributed by atoms with Crippen LogP contribution in [0, 0.1) is 0 Å².